The van der Waals surface area contributed by atoms with Crippen molar-refractivity contribution in [3.05, 3.63) is 40.8 Å². The monoisotopic (exact) mass is 331 g/mol. The largest absolute Gasteiger partial charge is 0.514 e. The average molecular weight is 332 g/mol. The summed E-state index contributed by atoms with van der Waals surface area (Å²) in [6, 6.07) is 4.07. The number of hydrogen-bond acceptors (Lipinski definition) is 3. The Balaban J connectivity index is 3.42. The molecule has 1 rings (SSSR count). The Bertz CT molecular complexity index is 626. The molecule has 24 heavy (non-hydrogen) atoms. The van der Waals surface area contributed by atoms with Crippen LogP contribution >= 0.6 is 0 Å². The van der Waals surface area contributed by atoms with E-state index in [2.05, 4.69) is 66.4 Å². The summed E-state index contributed by atoms with van der Waals surface area (Å²) in [4.78, 5) is 4.39. The first kappa shape index (κ1) is 20.3. The lowest BCUT2D eigenvalue weighted by Crippen LogP contribution is -2.17. The van der Waals surface area contributed by atoms with Gasteiger partial charge in [-0.05, 0) is 34.8 Å². The average Bonchev–Trinajstić information content (AvgIpc) is 2.41. The second-order valence-corrected chi connectivity index (χ2v) is 8.94. The van der Waals surface area contributed by atoms with Crippen molar-refractivity contribution < 1.29 is 10.2 Å². The summed E-state index contributed by atoms with van der Waals surface area (Å²) in [5, 5.41) is 20.1. The number of allylic oxidation sites excluding steroid dienone is 1. The molecule has 0 unspecified atom stereocenters. The van der Waals surface area contributed by atoms with Gasteiger partial charge in [-0.25, -0.2) is 0 Å². The van der Waals surface area contributed by atoms with Gasteiger partial charge in [0.2, 0.25) is 0 Å². The smallest absolute Gasteiger partial charge is 0.128 e. The van der Waals surface area contributed by atoms with Crippen LogP contribution in [0.2, 0.25) is 0 Å². The first-order valence-electron chi connectivity index (χ1n) is 8.61. The van der Waals surface area contributed by atoms with Crippen LogP contribution in [0, 0.1) is 5.92 Å². The molecule has 0 heterocycles. The highest BCUT2D eigenvalue weighted by molar-refractivity contribution is 5.85. The van der Waals surface area contributed by atoms with E-state index in [1.54, 1.807) is 6.21 Å². The number of nitrogens with zero attached hydrogens (tertiary/aromatic N) is 1. The molecular weight excluding hydrogens is 298 g/mol. The summed E-state index contributed by atoms with van der Waals surface area (Å²) in [6.45, 7) is 16.9. The minimum Gasteiger partial charge on any atom is -0.514 e. The Morgan fingerprint density at radius 1 is 1.08 bits per heavy atom. The van der Waals surface area contributed by atoms with E-state index < -0.39 is 0 Å². The summed E-state index contributed by atoms with van der Waals surface area (Å²) in [5.41, 5.74) is 3.18. The van der Waals surface area contributed by atoms with Crippen molar-refractivity contribution in [1.29, 1.82) is 0 Å². The molecule has 0 radical (unpaired) electrons. The van der Waals surface area contributed by atoms with Crippen molar-refractivity contribution >= 4 is 6.21 Å². The van der Waals surface area contributed by atoms with Crippen molar-refractivity contribution in [2.45, 2.75) is 72.6 Å². The van der Waals surface area contributed by atoms with Gasteiger partial charge in [0, 0.05) is 17.3 Å². The normalized spacial score (nSPS) is 14.0. The Labute approximate surface area is 147 Å². The molecule has 1 aromatic rings. The molecule has 0 saturated carbocycles. The Morgan fingerprint density at radius 2 is 1.67 bits per heavy atom. The zero-order chi connectivity index (χ0) is 18.7. The fourth-order valence-electron chi connectivity index (χ4n) is 2.47. The van der Waals surface area contributed by atoms with E-state index in [0.29, 0.717) is 23.6 Å². The molecular formula is C21H33NO2. The molecule has 1 aromatic carbocycles. The predicted octanol–water partition coefficient (Wildman–Crippen LogP) is 5.85. The summed E-state index contributed by atoms with van der Waals surface area (Å²) in [7, 11) is 0. The van der Waals surface area contributed by atoms with Gasteiger partial charge < -0.3 is 10.2 Å². The first-order valence-corrected chi connectivity index (χ1v) is 8.61. The number of aliphatic hydroxyl groups excluding tert-OH is 1. The second-order valence-electron chi connectivity index (χ2n) is 8.94. The molecule has 0 bridgehead atoms. The molecule has 0 spiro atoms. The van der Waals surface area contributed by atoms with Crippen LogP contribution in [0.4, 0.5) is 0 Å². The van der Waals surface area contributed by atoms with E-state index in [-0.39, 0.29) is 16.6 Å². The van der Waals surface area contributed by atoms with E-state index >= 15 is 0 Å². The van der Waals surface area contributed by atoms with E-state index in [1.165, 1.54) is 0 Å². The lowest BCUT2D eigenvalue weighted by atomic mass is 9.79. The van der Waals surface area contributed by atoms with Gasteiger partial charge >= 0.3 is 0 Å². The van der Waals surface area contributed by atoms with Gasteiger partial charge in [-0.15, -0.1) is 0 Å². The maximum absolute atomic E-state index is 10.7. The highest BCUT2D eigenvalue weighted by Crippen LogP contribution is 2.37. The molecule has 3 heteroatoms. The minimum absolute atomic E-state index is 0.0239. The molecule has 0 aliphatic carbocycles. The zero-order valence-corrected chi connectivity index (χ0v) is 16.4. The molecule has 2 N–H and O–H groups in total. The lowest BCUT2D eigenvalue weighted by Gasteiger charge is -2.27. The van der Waals surface area contributed by atoms with Crippen LogP contribution < -0.4 is 0 Å². The molecule has 0 fully saturated rings. The molecule has 0 aliphatic heterocycles. The predicted molar refractivity (Wildman–Crippen MR) is 103 cm³/mol. The third-order valence-corrected chi connectivity index (χ3v) is 3.95. The highest BCUT2D eigenvalue weighted by Gasteiger charge is 2.24. The van der Waals surface area contributed by atoms with Crippen LogP contribution in [0.5, 0.6) is 5.75 Å². The van der Waals surface area contributed by atoms with Gasteiger partial charge in [-0.3, -0.25) is 4.99 Å². The fraction of sp³-hybridized carbons (Fsp3) is 0.571. The number of aromatic hydroxyl groups is 1. The minimum atomic E-state index is -0.165. The van der Waals surface area contributed by atoms with Gasteiger partial charge in [-0.2, -0.15) is 0 Å². The SMILES string of the molecule is CC(C)CC(=CO)N=Cc1cc(C(C)(C)C)cc(C(C)(C)C)c1O. The maximum Gasteiger partial charge on any atom is 0.128 e. The molecule has 0 aliphatic rings. The second kappa shape index (κ2) is 7.42. The fourth-order valence-corrected chi connectivity index (χ4v) is 2.47. The first-order chi connectivity index (χ1) is 10.9. The van der Waals surface area contributed by atoms with Crippen LogP contribution in [-0.4, -0.2) is 16.4 Å². The third kappa shape index (κ3) is 5.40. The van der Waals surface area contributed by atoms with E-state index in [0.717, 1.165) is 17.4 Å². The number of phenols is 1. The summed E-state index contributed by atoms with van der Waals surface area (Å²) in [6.07, 6.45) is 3.40. The van der Waals surface area contributed by atoms with Gasteiger partial charge in [0.25, 0.3) is 0 Å². The number of aliphatic hydroxyl groups is 1. The summed E-state index contributed by atoms with van der Waals surface area (Å²) in [5.74, 6) is 0.668. The summed E-state index contributed by atoms with van der Waals surface area (Å²) < 4.78 is 0. The number of benzene rings is 1. The Morgan fingerprint density at radius 3 is 2.08 bits per heavy atom. The molecule has 0 amide bonds. The molecule has 0 atom stereocenters. The van der Waals surface area contributed by atoms with E-state index in [1.807, 2.05) is 6.07 Å². The standard InChI is InChI=1S/C21H33NO2/c1-14(2)9-17(13-23)22-12-15-10-16(20(3,4)5)11-18(19(15)24)21(6,7)8/h10-14,23-24H,9H2,1-8H3. The van der Waals surface area contributed by atoms with Crippen LogP contribution in [-0.2, 0) is 10.8 Å². The van der Waals surface area contributed by atoms with Crippen LogP contribution in [0.15, 0.2) is 29.1 Å². The van der Waals surface area contributed by atoms with Gasteiger partial charge in [-0.1, -0.05) is 61.5 Å². The van der Waals surface area contributed by atoms with Crippen molar-refractivity contribution in [3.63, 3.8) is 0 Å². The van der Waals surface area contributed by atoms with Crippen LogP contribution in [0.3, 0.4) is 0 Å². The van der Waals surface area contributed by atoms with Crippen molar-refractivity contribution in [2.75, 3.05) is 0 Å². The van der Waals surface area contributed by atoms with Gasteiger partial charge in [0.05, 0.1) is 5.70 Å². The molecule has 134 valence electrons. The number of rotatable bonds is 4. The zero-order valence-electron chi connectivity index (χ0n) is 16.4. The molecule has 0 saturated heterocycles. The van der Waals surface area contributed by atoms with Crippen molar-refractivity contribution in [3.8, 4) is 5.75 Å². The van der Waals surface area contributed by atoms with E-state index in [4.69, 9.17) is 0 Å². The topological polar surface area (TPSA) is 52.8 Å². The van der Waals surface area contributed by atoms with Crippen molar-refractivity contribution in [1.82, 2.24) is 0 Å². The Kier molecular flexibility index (Phi) is 6.26. The number of hydrogen-bond donors (Lipinski definition) is 2. The van der Waals surface area contributed by atoms with Gasteiger partial charge in [0.1, 0.15) is 12.0 Å². The summed E-state index contributed by atoms with van der Waals surface area (Å²) >= 11 is 0. The van der Waals surface area contributed by atoms with E-state index in [9.17, 15) is 10.2 Å². The maximum atomic E-state index is 10.7. The molecule has 0 aromatic heterocycles. The lowest BCUT2D eigenvalue weighted by molar-refractivity contribution is 0.443. The number of phenolic OH excluding ortho intramolecular Hbond substituents is 1. The van der Waals surface area contributed by atoms with Gasteiger partial charge in [0.15, 0.2) is 0 Å². The number of aliphatic imine (C=N–C) groups is 1. The third-order valence-electron chi connectivity index (χ3n) is 3.95. The van der Waals surface area contributed by atoms with Crippen molar-refractivity contribution in [2.24, 2.45) is 10.9 Å². The highest BCUT2D eigenvalue weighted by atomic mass is 16.3. The molecule has 3 nitrogen and oxygen atoms in total. The quantitative estimate of drug-likeness (QED) is 0.537. The Hall–Kier alpha value is -1.77. The van der Waals surface area contributed by atoms with Crippen LogP contribution in [0.25, 0.3) is 0 Å². The van der Waals surface area contributed by atoms with Crippen LogP contribution in [0.1, 0.15) is 78.5 Å².